The molecule has 0 amide bonds. The van der Waals surface area contributed by atoms with E-state index in [0.717, 1.165) is 55.0 Å². The van der Waals surface area contributed by atoms with Crippen molar-refractivity contribution < 1.29 is 8.42 Å². The lowest BCUT2D eigenvalue weighted by Gasteiger charge is -2.32. The summed E-state index contributed by atoms with van der Waals surface area (Å²) < 4.78 is 28.3. The number of hydrogen-bond donors (Lipinski definition) is 0. The monoisotopic (exact) mass is 449 g/mol. The fraction of sp³-hybridized carbons (Fsp3) is 0.375. The second kappa shape index (κ2) is 8.60. The van der Waals surface area contributed by atoms with E-state index in [0.29, 0.717) is 23.8 Å². The summed E-state index contributed by atoms with van der Waals surface area (Å²) in [5, 5.41) is 0. The third kappa shape index (κ3) is 3.89. The summed E-state index contributed by atoms with van der Waals surface area (Å²) in [5.74, 6) is 1.53. The second-order valence-electron chi connectivity index (χ2n) is 8.40. The smallest absolute Gasteiger partial charge is 0.243 e. The van der Waals surface area contributed by atoms with Crippen LogP contribution in [0.3, 0.4) is 0 Å². The molecule has 32 heavy (non-hydrogen) atoms. The highest BCUT2D eigenvalue weighted by molar-refractivity contribution is 7.89. The standard InChI is InChI=1S/C24H27N5O2S/c1-18-21-12-7-15-28(17-19-9-5-6-14-25-19)24(21)27-23(26-18)22-13-8-16-29(22)32(30,31)20-10-3-2-4-11-20/h2-6,9-11,14,22H,7-8,12-13,15-17H2,1H3/t22-/m0/s1. The molecule has 0 saturated carbocycles. The SMILES string of the molecule is Cc1nc([C@@H]2CCCN2S(=O)(=O)c2ccccc2)nc2c1CCCN2Cc1ccccn1. The van der Waals surface area contributed by atoms with Gasteiger partial charge in [-0.15, -0.1) is 0 Å². The molecule has 5 rings (SSSR count). The second-order valence-corrected chi connectivity index (χ2v) is 10.3. The minimum Gasteiger partial charge on any atom is -0.350 e. The summed E-state index contributed by atoms with van der Waals surface area (Å²) in [6.07, 6.45) is 5.32. The van der Waals surface area contributed by atoms with Crippen molar-refractivity contribution in [2.75, 3.05) is 18.0 Å². The highest BCUT2D eigenvalue weighted by atomic mass is 32.2. The number of benzene rings is 1. The van der Waals surface area contributed by atoms with Gasteiger partial charge in [0, 0.05) is 30.5 Å². The molecule has 0 unspecified atom stereocenters. The molecule has 1 saturated heterocycles. The van der Waals surface area contributed by atoms with Crippen LogP contribution < -0.4 is 4.90 Å². The molecule has 0 spiro atoms. The lowest BCUT2D eigenvalue weighted by Crippen LogP contribution is -2.34. The molecule has 1 fully saturated rings. The minimum atomic E-state index is -3.60. The number of hydrogen-bond acceptors (Lipinski definition) is 6. The molecule has 1 aromatic carbocycles. The molecular formula is C24H27N5O2S. The van der Waals surface area contributed by atoms with Crippen molar-refractivity contribution in [2.45, 2.75) is 50.1 Å². The van der Waals surface area contributed by atoms with Gasteiger partial charge >= 0.3 is 0 Å². The van der Waals surface area contributed by atoms with Gasteiger partial charge in [-0.3, -0.25) is 4.98 Å². The highest BCUT2D eigenvalue weighted by Crippen LogP contribution is 2.37. The molecule has 3 aromatic rings. The van der Waals surface area contributed by atoms with E-state index in [1.54, 1.807) is 28.6 Å². The maximum absolute atomic E-state index is 13.3. The van der Waals surface area contributed by atoms with E-state index in [9.17, 15) is 8.42 Å². The fourth-order valence-corrected chi connectivity index (χ4v) is 6.39. The lowest BCUT2D eigenvalue weighted by molar-refractivity contribution is 0.382. The van der Waals surface area contributed by atoms with Crippen molar-refractivity contribution in [1.29, 1.82) is 0 Å². The molecule has 166 valence electrons. The molecule has 0 bridgehead atoms. The van der Waals surface area contributed by atoms with E-state index < -0.39 is 10.0 Å². The number of aryl methyl sites for hydroxylation is 1. The molecule has 8 heteroatoms. The molecule has 2 aliphatic rings. The van der Waals surface area contributed by atoms with Crippen LogP contribution in [-0.2, 0) is 23.0 Å². The number of sulfonamides is 1. The quantitative estimate of drug-likeness (QED) is 0.592. The Morgan fingerprint density at radius 2 is 1.81 bits per heavy atom. The van der Waals surface area contributed by atoms with Crippen LogP contribution >= 0.6 is 0 Å². The zero-order chi connectivity index (χ0) is 22.1. The normalized spacial score (nSPS) is 19.2. The van der Waals surface area contributed by atoms with Crippen LogP contribution in [0.25, 0.3) is 0 Å². The number of rotatable bonds is 5. The Hall–Kier alpha value is -2.84. The average Bonchev–Trinajstić information content (AvgIpc) is 3.32. The van der Waals surface area contributed by atoms with Gasteiger partial charge in [-0.05, 0) is 56.9 Å². The van der Waals surface area contributed by atoms with E-state index in [1.807, 2.05) is 37.4 Å². The molecule has 0 radical (unpaired) electrons. The largest absolute Gasteiger partial charge is 0.350 e. The first-order valence-electron chi connectivity index (χ1n) is 11.1. The number of aromatic nitrogens is 3. The lowest BCUT2D eigenvalue weighted by atomic mass is 10.0. The van der Waals surface area contributed by atoms with Crippen molar-refractivity contribution in [2.24, 2.45) is 0 Å². The van der Waals surface area contributed by atoms with Crippen LogP contribution in [0.2, 0.25) is 0 Å². The first-order chi connectivity index (χ1) is 15.5. The third-order valence-corrected chi connectivity index (χ3v) is 8.22. The van der Waals surface area contributed by atoms with Crippen LogP contribution in [0.15, 0.2) is 59.6 Å². The van der Waals surface area contributed by atoms with Gasteiger partial charge in [0.15, 0.2) is 0 Å². The van der Waals surface area contributed by atoms with E-state index in [4.69, 9.17) is 9.97 Å². The zero-order valence-electron chi connectivity index (χ0n) is 18.2. The van der Waals surface area contributed by atoms with Gasteiger partial charge in [-0.2, -0.15) is 4.31 Å². The van der Waals surface area contributed by atoms with Crippen LogP contribution in [0, 0.1) is 6.92 Å². The van der Waals surface area contributed by atoms with E-state index in [2.05, 4.69) is 9.88 Å². The topological polar surface area (TPSA) is 79.3 Å². The van der Waals surface area contributed by atoms with Crippen molar-refractivity contribution >= 4 is 15.8 Å². The molecule has 7 nitrogen and oxygen atoms in total. The number of nitrogens with zero attached hydrogens (tertiary/aromatic N) is 5. The van der Waals surface area contributed by atoms with E-state index in [-0.39, 0.29) is 6.04 Å². The van der Waals surface area contributed by atoms with Gasteiger partial charge < -0.3 is 4.90 Å². The van der Waals surface area contributed by atoms with Crippen LogP contribution in [-0.4, -0.2) is 40.8 Å². The number of fused-ring (bicyclic) bond motifs is 1. The minimum absolute atomic E-state index is 0.318. The summed E-state index contributed by atoms with van der Waals surface area (Å²) in [6, 6.07) is 14.2. The Morgan fingerprint density at radius 1 is 1.00 bits per heavy atom. The van der Waals surface area contributed by atoms with E-state index >= 15 is 0 Å². The maximum atomic E-state index is 13.3. The first kappa shape index (κ1) is 21.0. The van der Waals surface area contributed by atoms with E-state index in [1.165, 1.54) is 0 Å². The van der Waals surface area contributed by atoms with Crippen molar-refractivity contribution in [3.63, 3.8) is 0 Å². The predicted molar refractivity (Wildman–Crippen MR) is 123 cm³/mol. The third-order valence-electron chi connectivity index (χ3n) is 6.29. The molecule has 2 aliphatic heterocycles. The van der Waals surface area contributed by atoms with Crippen LogP contribution in [0.5, 0.6) is 0 Å². The van der Waals surface area contributed by atoms with Crippen molar-refractivity contribution in [3.8, 4) is 0 Å². The van der Waals surface area contributed by atoms with Crippen LogP contribution in [0.4, 0.5) is 5.82 Å². The molecule has 0 N–H and O–H groups in total. The fourth-order valence-electron chi connectivity index (χ4n) is 4.71. The van der Waals surface area contributed by atoms with Crippen molar-refractivity contribution in [3.05, 3.63) is 77.5 Å². The van der Waals surface area contributed by atoms with Crippen molar-refractivity contribution in [1.82, 2.24) is 19.3 Å². The van der Waals surface area contributed by atoms with Gasteiger partial charge in [0.1, 0.15) is 11.6 Å². The molecular weight excluding hydrogens is 422 g/mol. The van der Waals surface area contributed by atoms with Gasteiger partial charge in [0.2, 0.25) is 10.0 Å². The van der Waals surface area contributed by atoms with Gasteiger partial charge in [-0.1, -0.05) is 24.3 Å². The maximum Gasteiger partial charge on any atom is 0.243 e. The predicted octanol–water partition coefficient (Wildman–Crippen LogP) is 3.66. The zero-order valence-corrected chi connectivity index (χ0v) is 19.0. The average molecular weight is 450 g/mol. The Labute approximate surface area is 189 Å². The Balaban J connectivity index is 1.50. The molecule has 2 aromatic heterocycles. The van der Waals surface area contributed by atoms with Gasteiger partial charge in [0.05, 0.1) is 23.2 Å². The molecule has 0 aliphatic carbocycles. The van der Waals surface area contributed by atoms with Crippen LogP contribution in [0.1, 0.15) is 48.1 Å². The summed E-state index contributed by atoms with van der Waals surface area (Å²) in [5.41, 5.74) is 3.10. The molecule has 4 heterocycles. The Bertz CT molecular complexity index is 1200. The number of anilines is 1. The summed E-state index contributed by atoms with van der Waals surface area (Å²) in [6.45, 7) is 4.08. The summed E-state index contributed by atoms with van der Waals surface area (Å²) in [4.78, 5) is 16.8. The summed E-state index contributed by atoms with van der Waals surface area (Å²) >= 11 is 0. The number of pyridine rings is 1. The van der Waals surface area contributed by atoms with Gasteiger partial charge in [0.25, 0.3) is 0 Å². The molecule has 1 atom stereocenters. The highest BCUT2D eigenvalue weighted by Gasteiger charge is 2.38. The summed E-state index contributed by atoms with van der Waals surface area (Å²) in [7, 11) is -3.60. The first-order valence-corrected chi connectivity index (χ1v) is 12.6. The Morgan fingerprint density at radius 3 is 2.59 bits per heavy atom. The van der Waals surface area contributed by atoms with Gasteiger partial charge in [-0.25, -0.2) is 18.4 Å². The Kier molecular flexibility index (Phi) is 5.65.